The smallest absolute Gasteiger partial charge is 0.314 e. The zero-order chi connectivity index (χ0) is 15.0. The molecule has 0 aromatic heterocycles. The van der Waals surface area contributed by atoms with Crippen LogP contribution in [0.25, 0.3) is 0 Å². The van der Waals surface area contributed by atoms with E-state index in [4.69, 9.17) is 5.11 Å². The molecule has 0 radical (unpaired) electrons. The number of amides is 2. The average molecular weight is 285 g/mol. The molecule has 0 saturated carbocycles. The quantitative estimate of drug-likeness (QED) is 0.658. The largest absolute Gasteiger partial charge is 0.481 e. The highest BCUT2D eigenvalue weighted by Gasteiger charge is 2.19. The Bertz CT molecular complexity index is 323. The molecule has 2 atom stereocenters. The number of rotatable bonds is 7. The van der Waals surface area contributed by atoms with Gasteiger partial charge in [-0.3, -0.25) is 4.79 Å². The molecule has 6 nitrogen and oxygen atoms in total. The van der Waals surface area contributed by atoms with E-state index in [9.17, 15) is 9.59 Å². The zero-order valence-electron chi connectivity index (χ0n) is 12.5. The van der Waals surface area contributed by atoms with Gasteiger partial charge < -0.3 is 20.6 Å². The summed E-state index contributed by atoms with van der Waals surface area (Å²) < 4.78 is 0. The van der Waals surface area contributed by atoms with Crippen LogP contribution in [0.4, 0.5) is 4.79 Å². The van der Waals surface area contributed by atoms with Gasteiger partial charge in [-0.1, -0.05) is 19.8 Å². The number of urea groups is 1. The van der Waals surface area contributed by atoms with Crippen molar-refractivity contribution in [1.29, 1.82) is 0 Å². The summed E-state index contributed by atoms with van der Waals surface area (Å²) in [6.07, 6.45) is 4.41. The van der Waals surface area contributed by atoms with Crippen molar-refractivity contribution in [2.24, 2.45) is 5.92 Å². The molecule has 0 aromatic rings. The number of nitrogens with zero attached hydrogens (tertiary/aromatic N) is 1. The molecular formula is C14H27N3O3. The number of carbonyl (C=O) groups excluding carboxylic acids is 1. The van der Waals surface area contributed by atoms with Crippen LogP contribution in [0.3, 0.4) is 0 Å². The molecule has 6 heteroatoms. The monoisotopic (exact) mass is 285 g/mol. The van der Waals surface area contributed by atoms with Crippen molar-refractivity contribution in [2.75, 3.05) is 26.7 Å². The predicted octanol–water partition coefficient (Wildman–Crippen LogP) is 1.27. The summed E-state index contributed by atoms with van der Waals surface area (Å²) in [6, 6.07) is 0.211. The fourth-order valence-electron chi connectivity index (χ4n) is 2.52. The summed E-state index contributed by atoms with van der Waals surface area (Å²) in [5.74, 6) is -0.821. The van der Waals surface area contributed by atoms with Gasteiger partial charge in [0.15, 0.2) is 0 Å². The Labute approximate surface area is 120 Å². The molecule has 3 N–H and O–H groups in total. The minimum absolute atomic E-state index is 0.00407. The van der Waals surface area contributed by atoms with Crippen LogP contribution in [0, 0.1) is 5.92 Å². The highest BCUT2D eigenvalue weighted by atomic mass is 16.4. The third kappa shape index (κ3) is 6.23. The van der Waals surface area contributed by atoms with Crippen LogP contribution in [-0.4, -0.2) is 54.7 Å². The van der Waals surface area contributed by atoms with Gasteiger partial charge in [0, 0.05) is 25.6 Å². The second-order valence-corrected chi connectivity index (χ2v) is 5.59. The number of piperidine rings is 1. The number of aliphatic carboxylic acids is 1. The van der Waals surface area contributed by atoms with E-state index < -0.39 is 5.97 Å². The summed E-state index contributed by atoms with van der Waals surface area (Å²) in [6.45, 7) is 4.09. The van der Waals surface area contributed by atoms with Crippen molar-refractivity contribution in [3.8, 4) is 0 Å². The van der Waals surface area contributed by atoms with Gasteiger partial charge in [-0.2, -0.15) is 0 Å². The first-order valence-electron chi connectivity index (χ1n) is 7.46. The summed E-state index contributed by atoms with van der Waals surface area (Å²) in [5, 5.41) is 14.4. The maximum absolute atomic E-state index is 11.7. The van der Waals surface area contributed by atoms with E-state index in [0.717, 1.165) is 19.4 Å². The van der Waals surface area contributed by atoms with Crippen LogP contribution in [-0.2, 0) is 4.79 Å². The van der Waals surface area contributed by atoms with Gasteiger partial charge in [0.2, 0.25) is 0 Å². The average Bonchev–Trinajstić information content (AvgIpc) is 2.42. The van der Waals surface area contributed by atoms with Crippen LogP contribution in [0.5, 0.6) is 0 Å². The van der Waals surface area contributed by atoms with Crippen LogP contribution < -0.4 is 10.6 Å². The SMILES string of the molecule is CCC(CNC(=O)NCC1CCCCN1C)CC(=O)O. The molecule has 1 rings (SSSR count). The molecule has 1 saturated heterocycles. The van der Waals surface area contributed by atoms with Crippen molar-refractivity contribution < 1.29 is 14.7 Å². The van der Waals surface area contributed by atoms with E-state index in [0.29, 0.717) is 19.1 Å². The highest BCUT2D eigenvalue weighted by Crippen LogP contribution is 2.13. The van der Waals surface area contributed by atoms with Gasteiger partial charge in [0.25, 0.3) is 0 Å². The maximum Gasteiger partial charge on any atom is 0.314 e. The van der Waals surface area contributed by atoms with Crippen molar-refractivity contribution in [3.63, 3.8) is 0 Å². The van der Waals surface area contributed by atoms with Crippen molar-refractivity contribution in [2.45, 2.75) is 45.1 Å². The number of nitrogens with one attached hydrogen (secondary N) is 2. The molecule has 0 aromatic carbocycles. The standard InChI is InChI=1S/C14H27N3O3/c1-3-11(8-13(18)19)9-15-14(20)16-10-12-6-4-5-7-17(12)2/h11-12H,3-10H2,1-2H3,(H,18,19)(H2,15,16,20). The van der Waals surface area contributed by atoms with E-state index in [1.807, 2.05) is 6.92 Å². The van der Waals surface area contributed by atoms with Gasteiger partial charge in [-0.05, 0) is 32.4 Å². The number of hydrogen-bond acceptors (Lipinski definition) is 3. The number of carboxylic acid groups (broad SMARTS) is 1. The Hall–Kier alpha value is -1.30. The van der Waals surface area contributed by atoms with Crippen molar-refractivity contribution in [1.82, 2.24) is 15.5 Å². The lowest BCUT2D eigenvalue weighted by molar-refractivity contribution is -0.138. The Morgan fingerprint density at radius 2 is 2.10 bits per heavy atom. The van der Waals surface area contributed by atoms with Crippen molar-refractivity contribution >= 4 is 12.0 Å². The van der Waals surface area contributed by atoms with Gasteiger partial charge in [-0.25, -0.2) is 4.79 Å². The van der Waals surface area contributed by atoms with Gasteiger partial charge in [-0.15, -0.1) is 0 Å². The Morgan fingerprint density at radius 3 is 2.70 bits per heavy atom. The Balaban J connectivity index is 2.20. The third-order valence-electron chi connectivity index (χ3n) is 4.01. The molecule has 2 unspecified atom stereocenters. The topological polar surface area (TPSA) is 81.7 Å². The molecule has 1 aliphatic heterocycles. The van der Waals surface area contributed by atoms with Crippen LogP contribution >= 0.6 is 0 Å². The lowest BCUT2D eigenvalue weighted by Gasteiger charge is -2.32. The van der Waals surface area contributed by atoms with E-state index in [1.54, 1.807) is 0 Å². The second kappa shape index (κ2) is 8.79. The first-order chi connectivity index (χ1) is 9.52. The molecule has 0 bridgehead atoms. The molecule has 0 spiro atoms. The molecular weight excluding hydrogens is 258 g/mol. The number of carboxylic acids is 1. The molecule has 1 heterocycles. The molecule has 116 valence electrons. The fourth-order valence-corrected chi connectivity index (χ4v) is 2.52. The van der Waals surface area contributed by atoms with Gasteiger partial charge in [0.05, 0.1) is 0 Å². The minimum Gasteiger partial charge on any atom is -0.481 e. The van der Waals surface area contributed by atoms with Crippen LogP contribution in [0.2, 0.25) is 0 Å². The van der Waals surface area contributed by atoms with Gasteiger partial charge >= 0.3 is 12.0 Å². The Kier molecular flexibility index (Phi) is 7.36. The predicted molar refractivity (Wildman–Crippen MR) is 77.7 cm³/mol. The Morgan fingerprint density at radius 1 is 1.35 bits per heavy atom. The summed E-state index contributed by atoms with van der Waals surface area (Å²) in [5.41, 5.74) is 0. The zero-order valence-corrected chi connectivity index (χ0v) is 12.5. The molecule has 1 fully saturated rings. The van der Waals surface area contributed by atoms with E-state index >= 15 is 0 Å². The summed E-state index contributed by atoms with van der Waals surface area (Å²) in [7, 11) is 2.09. The second-order valence-electron chi connectivity index (χ2n) is 5.59. The lowest BCUT2D eigenvalue weighted by Crippen LogP contribution is -2.47. The molecule has 20 heavy (non-hydrogen) atoms. The highest BCUT2D eigenvalue weighted by molar-refractivity contribution is 5.74. The number of carbonyl (C=O) groups is 2. The lowest BCUT2D eigenvalue weighted by atomic mass is 10.0. The van der Waals surface area contributed by atoms with Crippen LogP contribution in [0.1, 0.15) is 39.0 Å². The number of likely N-dealkylation sites (N-methyl/N-ethyl adjacent to an activating group) is 1. The summed E-state index contributed by atoms with van der Waals surface area (Å²) >= 11 is 0. The molecule has 0 aliphatic carbocycles. The normalized spacial score (nSPS) is 21.2. The van der Waals surface area contributed by atoms with Crippen LogP contribution in [0.15, 0.2) is 0 Å². The molecule has 1 aliphatic rings. The van der Waals surface area contributed by atoms with E-state index in [2.05, 4.69) is 22.6 Å². The van der Waals surface area contributed by atoms with E-state index in [1.165, 1.54) is 12.8 Å². The van der Waals surface area contributed by atoms with Crippen molar-refractivity contribution in [3.05, 3.63) is 0 Å². The number of hydrogen-bond donors (Lipinski definition) is 3. The fraction of sp³-hybridized carbons (Fsp3) is 0.857. The summed E-state index contributed by atoms with van der Waals surface area (Å²) in [4.78, 5) is 24.6. The first kappa shape index (κ1) is 16.8. The first-order valence-corrected chi connectivity index (χ1v) is 7.46. The minimum atomic E-state index is -0.817. The van der Waals surface area contributed by atoms with E-state index in [-0.39, 0.29) is 18.4 Å². The third-order valence-corrected chi connectivity index (χ3v) is 4.01. The maximum atomic E-state index is 11.7. The van der Waals surface area contributed by atoms with Gasteiger partial charge in [0.1, 0.15) is 0 Å². The number of likely N-dealkylation sites (tertiary alicyclic amines) is 1. The molecule has 2 amide bonds.